The molecule has 1 N–H and O–H groups in total. The molecule has 0 aromatic heterocycles. The summed E-state index contributed by atoms with van der Waals surface area (Å²) in [7, 11) is -3.31. The van der Waals surface area contributed by atoms with E-state index in [9.17, 15) is 8.42 Å². The predicted octanol–water partition coefficient (Wildman–Crippen LogP) is 3.08. The van der Waals surface area contributed by atoms with Gasteiger partial charge in [0, 0.05) is 24.8 Å². The van der Waals surface area contributed by atoms with Gasteiger partial charge in [-0.15, -0.1) is 0 Å². The highest BCUT2D eigenvalue weighted by Gasteiger charge is 2.24. The molecule has 128 valence electrons. The Kier molecular flexibility index (Phi) is 5.21. The van der Waals surface area contributed by atoms with E-state index in [2.05, 4.69) is 21.8 Å². The molecule has 0 amide bonds. The average Bonchev–Trinajstić information content (AvgIpc) is 2.58. The molecule has 1 fully saturated rings. The summed E-state index contributed by atoms with van der Waals surface area (Å²) in [5, 5.41) is 0. The van der Waals surface area contributed by atoms with Gasteiger partial charge in [0.05, 0.1) is 5.75 Å². The van der Waals surface area contributed by atoms with Crippen molar-refractivity contribution >= 4 is 15.7 Å². The van der Waals surface area contributed by atoms with E-state index in [1.54, 1.807) is 0 Å². The summed E-state index contributed by atoms with van der Waals surface area (Å²) < 4.78 is 27.8. The summed E-state index contributed by atoms with van der Waals surface area (Å²) in [6, 6.07) is 17.9. The first kappa shape index (κ1) is 17.0. The number of piperidine rings is 1. The lowest BCUT2D eigenvalue weighted by atomic mass is 10.1. The van der Waals surface area contributed by atoms with E-state index in [-0.39, 0.29) is 11.8 Å². The second-order valence-corrected chi connectivity index (χ2v) is 8.15. The van der Waals surface area contributed by atoms with E-state index >= 15 is 0 Å². The maximum absolute atomic E-state index is 12.4. The van der Waals surface area contributed by atoms with E-state index < -0.39 is 10.0 Å². The van der Waals surface area contributed by atoms with Crippen LogP contribution in [0.5, 0.6) is 0 Å². The van der Waals surface area contributed by atoms with Gasteiger partial charge in [-0.25, -0.2) is 13.1 Å². The van der Waals surface area contributed by atoms with Crippen LogP contribution < -0.4 is 9.62 Å². The maximum atomic E-state index is 12.4. The molecule has 2 aromatic carbocycles. The minimum Gasteiger partial charge on any atom is -0.371 e. The number of nitrogens with one attached hydrogen (secondary N) is 1. The Morgan fingerprint density at radius 2 is 1.62 bits per heavy atom. The molecule has 3 rings (SSSR count). The van der Waals surface area contributed by atoms with Crippen molar-refractivity contribution in [1.82, 2.24) is 4.72 Å². The third kappa shape index (κ3) is 4.36. The van der Waals surface area contributed by atoms with Crippen molar-refractivity contribution in [2.24, 2.45) is 0 Å². The molecule has 1 heterocycles. The highest BCUT2D eigenvalue weighted by Crippen LogP contribution is 2.20. The van der Waals surface area contributed by atoms with Crippen LogP contribution in [-0.4, -0.2) is 27.5 Å². The van der Waals surface area contributed by atoms with Gasteiger partial charge < -0.3 is 4.90 Å². The molecule has 0 atom stereocenters. The topological polar surface area (TPSA) is 49.4 Å². The van der Waals surface area contributed by atoms with Gasteiger partial charge in [0.15, 0.2) is 0 Å². The Labute approximate surface area is 144 Å². The number of benzene rings is 2. The lowest BCUT2D eigenvalue weighted by Crippen LogP contribution is -2.45. The Balaban J connectivity index is 1.56. The van der Waals surface area contributed by atoms with Crippen molar-refractivity contribution < 1.29 is 8.42 Å². The zero-order chi connectivity index (χ0) is 17.0. The summed E-state index contributed by atoms with van der Waals surface area (Å²) >= 11 is 0. The highest BCUT2D eigenvalue weighted by molar-refractivity contribution is 7.88. The predicted molar refractivity (Wildman–Crippen MR) is 98.6 cm³/mol. The number of aryl methyl sites for hydroxylation is 1. The summed E-state index contributed by atoms with van der Waals surface area (Å²) in [6.07, 6.45) is 1.67. The van der Waals surface area contributed by atoms with Crippen LogP contribution in [0.3, 0.4) is 0 Å². The second-order valence-electron chi connectivity index (χ2n) is 6.40. The number of sulfonamides is 1. The van der Waals surface area contributed by atoms with Crippen LogP contribution in [0, 0.1) is 6.92 Å². The molecule has 4 nitrogen and oxygen atoms in total. The van der Waals surface area contributed by atoms with Crippen LogP contribution in [0.4, 0.5) is 5.69 Å². The second kappa shape index (κ2) is 7.36. The first-order valence-electron chi connectivity index (χ1n) is 8.38. The molecule has 24 heavy (non-hydrogen) atoms. The van der Waals surface area contributed by atoms with E-state index in [0.29, 0.717) is 0 Å². The Bertz CT molecular complexity index is 767. The van der Waals surface area contributed by atoms with Crippen LogP contribution in [0.2, 0.25) is 0 Å². The molecule has 1 aliphatic rings. The van der Waals surface area contributed by atoms with E-state index in [0.717, 1.165) is 37.1 Å². The van der Waals surface area contributed by atoms with Crippen molar-refractivity contribution in [3.63, 3.8) is 0 Å². The molecular formula is C19H24N2O2S. The third-order valence-electron chi connectivity index (χ3n) is 4.57. The van der Waals surface area contributed by atoms with Crippen LogP contribution in [0.15, 0.2) is 54.6 Å². The first-order chi connectivity index (χ1) is 11.5. The first-order valence-corrected chi connectivity index (χ1v) is 10.0. The maximum Gasteiger partial charge on any atom is 0.216 e. The number of nitrogens with zero attached hydrogens (tertiary/aromatic N) is 1. The molecule has 2 aromatic rings. The standard InChI is InChI=1S/C19H24N2O2S/c1-16-7-5-6-8-17(16)15-24(22,23)20-18-11-13-21(14-12-18)19-9-3-2-4-10-19/h2-10,18,20H,11-15H2,1H3. The van der Waals surface area contributed by atoms with Gasteiger partial charge in [-0.1, -0.05) is 42.5 Å². The van der Waals surface area contributed by atoms with E-state index in [4.69, 9.17) is 0 Å². The van der Waals surface area contributed by atoms with Crippen LogP contribution in [-0.2, 0) is 15.8 Å². The summed E-state index contributed by atoms with van der Waals surface area (Å²) in [5.74, 6) is 0.0541. The Hall–Kier alpha value is -1.85. The van der Waals surface area contributed by atoms with Crippen LogP contribution >= 0.6 is 0 Å². The molecule has 5 heteroatoms. The number of hydrogen-bond donors (Lipinski definition) is 1. The largest absolute Gasteiger partial charge is 0.371 e. The van der Waals surface area contributed by atoms with Crippen molar-refractivity contribution in [3.8, 4) is 0 Å². The monoisotopic (exact) mass is 344 g/mol. The van der Waals surface area contributed by atoms with Gasteiger partial charge in [-0.3, -0.25) is 0 Å². The highest BCUT2D eigenvalue weighted by atomic mass is 32.2. The fourth-order valence-electron chi connectivity index (χ4n) is 3.17. The van der Waals surface area contributed by atoms with Crippen LogP contribution in [0.1, 0.15) is 24.0 Å². The van der Waals surface area contributed by atoms with E-state index in [1.807, 2.05) is 49.4 Å². The molecule has 0 unspecified atom stereocenters. The van der Waals surface area contributed by atoms with Crippen LogP contribution in [0.25, 0.3) is 0 Å². The molecule has 1 saturated heterocycles. The number of hydrogen-bond acceptors (Lipinski definition) is 3. The van der Waals surface area contributed by atoms with E-state index in [1.165, 1.54) is 5.69 Å². The fraction of sp³-hybridized carbons (Fsp3) is 0.368. The molecule has 1 aliphatic heterocycles. The van der Waals surface area contributed by atoms with Gasteiger partial charge in [0.2, 0.25) is 10.0 Å². The zero-order valence-electron chi connectivity index (χ0n) is 14.0. The molecule has 0 saturated carbocycles. The van der Waals surface area contributed by atoms with Gasteiger partial charge in [-0.05, 0) is 43.0 Å². The lowest BCUT2D eigenvalue weighted by molar-refractivity contribution is 0.460. The minimum absolute atomic E-state index is 0.0268. The summed E-state index contributed by atoms with van der Waals surface area (Å²) in [4.78, 5) is 2.31. The summed E-state index contributed by atoms with van der Waals surface area (Å²) in [6.45, 7) is 3.70. The minimum atomic E-state index is -3.31. The quantitative estimate of drug-likeness (QED) is 0.907. The normalized spacial score (nSPS) is 16.3. The van der Waals surface area contributed by atoms with Gasteiger partial charge >= 0.3 is 0 Å². The number of para-hydroxylation sites is 1. The van der Waals surface area contributed by atoms with Gasteiger partial charge in [-0.2, -0.15) is 0 Å². The number of rotatable bonds is 5. The Morgan fingerprint density at radius 1 is 1.00 bits per heavy atom. The van der Waals surface area contributed by atoms with Crippen molar-refractivity contribution in [2.75, 3.05) is 18.0 Å². The summed E-state index contributed by atoms with van der Waals surface area (Å²) in [5.41, 5.74) is 3.09. The van der Waals surface area contributed by atoms with Gasteiger partial charge in [0.1, 0.15) is 0 Å². The molecule has 0 radical (unpaired) electrons. The Morgan fingerprint density at radius 3 is 2.29 bits per heavy atom. The lowest BCUT2D eigenvalue weighted by Gasteiger charge is -2.33. The van der Waals surface area contributed by atoms with Crippen molar-refractivity contribution in [2.45, 2.75) is 31.6 Å². The molecule has 0 aliphatic carbocycles. The zero-order valence-corrected chi connectivity index (χ0v) is 14.8. The van der Waals surface area contributed by atoms with Gasteiger partial charge in [0.25, 0.3) is 0 Å². The smallest absolute Gasteiger partial charge is 0.216 e. The fourth-order valence-corrected chi connectivity index (χ4v) is 4.73. The molecule has 0 spiro atoms. The average molecular weight is 344 g/mol. The molecule has 0 bridgehead atoms. The SMILES string of the molecule is Cc1ccccc1CS(=O)(=O)NC1CCN(c2ccccc2)CC1. The number of anilines is 1. The van der Waals surface area contributed by atoms with Crippen molar-refractivity contribution in [3.05, 3.63) is 65.7 Å². The third-order valence-corrected chi connectivity index (χ3v) is 5.95. The van der Waals surface area contributed by atoms with Crippen molar-refractivity contribution in [1.29, 1.82) is 0 Å². The molecular weight excluding hydrogens is 320 g/mol.